The first-order valence-corrected chi connectivity index (χ1v) is 7.70. The quantitative estimate of drug-likeness (QED) is 0.644. The Labute approximate surface area is 136 Å². The van der Waals surface area contributed by atoms with E-state index in [-0.39, 0.29) is 11.3 Å². The first-order valence-electron chi connectivity index (χ1n) is 7.70. The van der Waals surface area contributed by atoms with Gasteiger partial charge in [-0.3, -0.25) is 9.36 Å². The molecule has 0 spiro atoms. The van der Waals surface area contributed by atoms with Crippen molar-refractivity contribution >= 4 is 23.0 Å². The molecule has 0 fully saturated rings. The minimum atomic E-state index is -0.0985. The molecule has 0 radical (unpaired) electrons. The van der Waals surface area contributed by atoms with E-state index < -0.39 is 0 Å². The number of nitrogens with zero attached hydrogens (tertiary/aromatic N) is 2. The number of carbonyl (C=O) groups is 1. The zero-order valence-corrected chi connectivity index (χ0v) is 13.7. The van der Waals surface area contributed by atoms with Gasteiger partial charge >= 0.3 is 0 Å². The summed E-state index contributed by atoms with van der Waals surface area (Å²) >= 11 is 0. The van der Waals surface area contributed by atoms with E-state index in [4.69, 9.17) is 0 Å². The highest BCUT2D eigenvalue weighted by Gasteiger charge is 2.12. The fourth-order valence-corrected chi connectivity index (χ4v) is 2.48. The van der Waals surface area contributed by atoms with Crippen LogP contribution in [0.15, 0.2) is 60.9 Å². The normalized spacial score (nSPS) is 12.1. The van der Waals surface area contributed by atoms with E-state index >= 15 is 0 Å². The third-order valence-electron chi connectivity index (χ3n) is 3.89. The zero-order valence-electron chi connectivity index (χ0n) is 13.7. The smallest absolute Gasteiger partial charge is 0.256 e. The van der Waals surface area contributed by atoms with Gasteiger partial charge in [-0.1, -0.05) is 57.2 Å². The van der Waals surface area contributed by atoms with Gasteiger partial charge in [0.2, 0.25) is 0 Å². The molecule has 116 valence electrons. The Balaban J connectivity index is 1.81. The van der Waals surface area contributed by atoms with Crippen LogP contribution in [0.2, 0.25) is 0 Å². The van der Waals surface area contributed by atoms with Crippen molar-refractivity contribution in [1.82, 2.24) is 9.55 Å². The molecule has 0 amide bonds. The van der Waals surface area contributed by atoms with Crippen molar-refractivity contribution in [3.8, 4) is 0 Å². The number of rotatable bonds is 2. The van der Waals surface area contributed by atoms with Crippen LogP contribution in [0.3, 0.4) is 0 Å². The molecule has 3 rings (SSSR count). The minimum absolute atomic E-state index is 0.0985. The largest absolute Gasteiger partial charge is 0.269 e. The van der Waals surface area contributed by atoms with E-state index in [0.717, 1.165) is 16.6 Å². The summed E-state index contributed by atoms with van der Waals surface area (Å²) in [5.41, 5.74) is 4.07. The van der Waals surface area contributed by atoms with Crippen molar-refractivity contribution in [3.05, 3.63) is 72.1 Å². The second kappa shape index (κ2) is 5.84. The Morgan fingerprint density at radius 2 is 1.74 bits per heavy atom. The Morgan fingerprint density at radius 1 is 1.04 bits per heavy atom. The first-order chi connectivity index (χ1) is 10.9. The van der Waals surface area contributed by atoms with E-state index in [1.54, 1.807) is 17.0 Å². The topological polar surface area (TPSA) is 34.9 Å². The lowest BCUT2D eigenvalue weighted by molar-refractivity contribution is 0.0974. The van der Waals surface area contributed by atoms with Gasteiger partial charge in [-0.05, 0) is 34.8 Å². The van der Waals surface area contributed by atoms with Gasteiger partial charge < -0.3 is 0 Å². The van der Waals surface area contributed by atoms with Crippen molar-refractivity contribution in [2.45, 2.75) is 26.2 Å². The molecule has 23 heavy (non-hydrogen) atoms. The van der Waals surface area contributed by atoms with Crippen LogP contribution in [0.5, 0.6) is 0 Å². The average Bonchev–Trinajstić information content (AvgIpc) is 2.96. The third-order valence-corrected chi connectivity index (χ3v) is 3.89. The molecule has 0 aliphatic rings. The highest BCUT2D eigenvalue weighted by molar-refractivity contribution is 5.99. The van der Waals surface area contributed by atoms with Crippen LogP contribution in [0.25, 0.3) is 17.1 Å². The summed E-state index contributed by atoms with van der Waals surface area (Å²) in [5, 5.41) is 0. The molecular formula is C20H20N2O. The highest BCUT2D eigenvalue weighted by atomic mass is 16.1. The van der Waals surface area contributed by atoms with Gasteiger partial charge in [-0.2, -0.15) is 0 Å². The molecule has 0 saturated carbocycles. The lowest BCUT2D eigenvalue weighted by Gasteiger charge is -2.18. The number of carbonyl (C=O) groups excluding carboxylic acids is 1. The lowest BCUT2D eigenvalue weighted by atomic mass is 9.87. The van der Waals surface area contributed by atoms with E-state index in [1.807, 2.05) is 42.5 Å². The number of benzene rings is 2. The molecule has 0 unspecified atom stereocenters. The van der Waals surface area contributed by atoms with Crippen molar-refractivity contribution in [2.75, 3.05) is 0 Å². The van der Waals surface area contributed by atoms with E-state index in [9.17, 15) is 4.79 Å². The molecule has 1 aromatic heterocycles. The van der Waals surface area contributed by atoms with Gasteiger partial charge in [0.1, 0.15) is 6.33 Å². The summed E-state index contributed by atoms with van der Waals surface area (Å²) in [6, 6.07) is 15.9. The summed E-state index contributed by atoms with van der Waals surface area (Å²) in [6.45, 7) is 6.56. The van der Waals surface area contributed by atoms with Crippen LogP contribution >= 0.6 is 0 Å². The van der Waals surface area contributed by atoms with Gasteiger partial charge in [0, 0.05) is 6.08 Å². The third kappa shape index (κ3) is 3.24. The molecule has 0 N–H and O–H groups in total. The number of fused-ring (bicyclic) bond motifs is 1. The monoisotopic (exact) mass is 304 g/mol. The molecule has 2 aromatic carbocycles. The van der Waals surface area contributed by atoms with Crippen molar-refractivity contribution in [2.24, 2.45) is 0 Å². The Morgan fingerprint density at radius 3 is 2.43 bits per heavy atom. The van der Waals surface area contributed by atoms with Crippen LogP contribution in [0, 0.1) is 0 Å². The molecule has 0 aliphatic heterocycles. The molecule has 0 saturated heterocycles. The number of allylic oxidation sites excluding steroid dienone is 1. The lowest BCUT2D eigenvalue weighted by Crippen LogP contribution is -2.10. The summed E-state index contributed by atoms with van der Waals surface area (Å²) in [4.78, 5) is 16.6. The maximum atomic E-state index is 12.4. The van der Waals surface area contributed by atoms with Crippen LogP contribution in [0.4, 0.5) is 0 Å². The maximum Gasteiger partial charge on any atom is 0.256 e. The van der Waals surface area contributed by atoms with E-state index in [2.05, 4.69) is 37.9 Å². The predicted octanol–water partition coefficient (Wildman–Crippen LogP) is 4.69. The molecule has 0 atom stereocenters. The SMILES string of the molecule is CC(C)(C)c1ccc(/C=C/C(=O)n2cnc3ccccc32)cc1. The van der Waals surface area contributed by atoms with Crippen molar-refractivity contribution in [3.63, 3.8) is 0 Å². The van der Waals surface area contributed by atoms with Gasteiger partial charge in [-0.15, -0.1) is 0 Å². The Kier molecular flexibility index (Phi) is 3.87. The first kappa shape index (κ1) is 15.2. The standard InChI is InChI=1S/C20H20N2O/c1-20(2,3)16-11-8-15(9-12-16)10-13-19(23)22-14-21-17-6-4-5-7-18(17)22/h4-14H,1-3H3/b13-10+. The molecule has 3 heteroatoms. The maximum absolute atomic E-state index is 12.4. The number of imidazole rings is 1. The van der Waals surface area contributed by atoms with Crippen LogP contribution in [-0.2, 0) is 5.41 Å². The summed E-state index contributed by atoms with van der Waals surface area (Å²) < 4.78 is 1.56. The number of aromatic nitrogens is 2. The second-order valence-corrected chi connectivity index (χ2v) is 6.65. The molecular weight excluding hydrogens is 284 g/mol. The van der Waals surface area contributed by atoms with Gasteiger partial charge in [0.25, 0.3) is 5.91 Å². The van der Waals surface area contributed by atoms with Gasteiger partial charge in [0.05, 0.1) is 11.0 Å². The number of para-hydroxylation sites is 2. The summed E-state index contributed by atoms with van der Waals surface area (Å²) in [6.07, 6.45) is 4.99. The highest BCUT2D eigenvalue weighted by Crippen LogP contribution is 2.22. The molecule has 3 nitrogen and oxygen atoms in total. The number of hydrogen-bond donors (Lipinski definition) is 0. The van der Waals surface area contributed by atoms with Crippen molar-refractivity contribution < 1.29 is 4.79 Å². The predicted molar refractivity (Wildman–Crippen MR) is 94.5 cm³/mol. The average molecular weight is 304 g/mol. The molecule has 1 heterocycles. The zero-order chi connectivity index (χ0) is 16.4. The van der Waals surface area contributed by atoms with E-state index in [0.29, 0.717) is 0 Å². The van der Waals surface area contributed by atoms with E-state index in [1.165, 1.54) is 5.56 Å². The summed E-state index contributed by atoms with van der Waals surface area (Å²) in [5.74, 6) is -0.0985. The van der Waals surface area contributed by atoms with Crippen molar-refractivity contribution in [1.29, 1.82) is 0 Å². The fraction of sp³-hybridized carbons (Fsp3) is 0.200. The minimum Gasteiger partial charge on any atom is -0.269 e. The Bertz CT molecular complexity index is 865. The van der Waals surface area contributed by atoms with Gasteiger partial charge in [-0.25, -0.2) is 4.98 Å². The summed E-state index contributed by atoms with van der Waals surface area (Å²) in [7, 11) is 0. The second-order valence-electron chi connectivity index (χ2n) is 6.65. The Hall–Kier alpha value is -2.68. The van der Waals surface area contributed by atoms with Crippen LogP contribution in [-0.4, -0.2) is 15.5 Å². The van der Waals surface area contributed by atoms with Crippen LogP contribution < -0.4 is 0 Å². The molecule has 0 bridgehead atoms. The van der Waals surface area contributed by atoms with Crippen LogP contribution in [0.1, 0.15) is 36.7 Å². The molecule has 3 aromatic rings. The molecule has 0 aliphatic carbocycles. The van der Waals surface area contributed by atoms with Gasteiger partial charge in [0.15, 0.2) is 0 Å². The number of hydrogen-bond acceptors (Lipinski definition) is 2. The fourth-order valence-electron chi connectivity index (χ4n) is 2.48.